The number of carbonyl (C=O) groups is 2. The molecule has 2 rings (SSSR count). The minimum Gasteiger partial charge on any atom is -0.504 e. The van der Waals surface area contributed by atoms with Crippen LogP contribution in [0.4, 0.5) is 0 Å². The summed E-state index contributed by atoms with van der Waals surface area (Å²) in [6, 6.07) is 7.56. The first-order valence-corrected chi connectivity index (χ1v) is 10.4. The van der Waals surface area contributed by atoms with Crippen molar-refractivity contribution in [3.8, 4) is 0 Å². The van der Waals surface area contributed by atoms with Crippen LogP contribution in [-0.4, -0.2) is 22.3 Å². The standard InChI is InChI=1S/C24H32O4/c1-2-3-7-11-21(26)18-12-14-19(15-13-18)23-20(17-22(27)24(23)28)10-8-5-4-6-9-16-25/h5,8,12-16,20-21,26,28H,2-4,6-7,9-11,17H2,1H3/b8-5-/t20-,21?/m0/s1. The summed E-state index contributed by atoms with van der Waals surface area (Å²) in [6.07, 6.45) is 11.8. The number of aliphatic hydroxyl groups excluding tert-OH is 2. The van der Waals surface area contributed by atoms with Gasteiger partial charge in [-0.25, -0.2) is 0 Å². The van der Waals surface area contributed by atoms with Crippen LogP contribution in [0.15, 0.2) is 42.2 Å². The van der Waals surface area contributed by atoms with Gasteiger partial charge in [0.1, 0.15) is 6.29 Å². The molecule has 28 heavy (non-hydrogen) atoms. The van der Waals surface area contributed by atoms with Crippen LogP contribution in [0.1, 0.15) is 81.9 Å². The molecule has 0 aliphatic heterocycles. The van der Waals surface area contributed by atoms with Gasteiger partial charge in [-0.3, -0.25) is 4.79 Å². The van der Waals surface area contributed by atoms with Crippen molar-refractivity contribution in [2.75, 3.05) is 0 Å². The van der Waals surface area contributed by atoms with Crippen LogP contribution in [-0.2, 0) is 9.59 Å². The fraction of sp³-hybridized carbons (Fsp3) is 0.500. The Hall–Kier alpha value is -2.20. The van der Waals surface area contributed by atoms with Gasteiger partial charge < -0.3 is 15.0 Å². The molecule has 0 heterocycles. The fourth-order valence-corrected chi connectivity index (χ4v) is 3.68. The quantitative estimate of drug-likeness (QED) is 0.284. The van der Waals surface area contributed by atoms with Gasteiger partial charge in [0.05, 0.1) is 6.10 Å². The van der Waals surface area contributed by atoms with Crippen LogP contribution >= 0.6 is 0 Å². The summed E-state index contributed by atoms with van der Waals surface area (Å²) in [6.45, 7) is 2.14. The molecular formula is C24H32O4. The zero-order chi connectivity index (χ0) is 20.4. The van der Waals surface area contributed by atoms with E-state index in [1.165, 1.54) is 0 Å². The molecule has 4 nitrogen and oxygen atoms in total. The number of hydrogen-bond donors (Lipinski definition) is 2. The van der Waals surface area contributed by atoms with E-state index < -0.39 is 6.10 Å². The zero-order valence-electron chi connectivity index (χ0n) is 16.8. The molecule has 0 saturated heterocycles. The Labute approximate surface area is 168 Å². The molecular weight excluding hydrogens is 352 g/mol. The fourth-order valence-electron chi connectivity index (χ4n) is 3.68. The van der Waals surface area contributed by atoms with E-state index in [9.17, 15) is 19.8 Å². The van der Waals surface area contributed by atoms with Crippen molar-refractivity contribution >= 4 is 17.6 Å². The molecule has 0 fully saturated rings. The lowest BCUT2D eigenvalue weighted by molar-refractivity contribution is -0.117. The lowest BCUT2D eigenvalue weighted by Crippen LogP contribution is -2.01. The average molecular weight is 385 g/mol. The Morgan fingerprint density at radius 1 is 1.11 bits per heavy atom. The topological polar surface area (TPSA) is 74.6 Å². The third-order valence-corrected chi connectivity index (χ3v) is 5.33. The summed E-state index contributed by atoms with van der Waals surface area (Å²) in [4.78, 5) is 22.4. The van der Waals surface area contributed by atoms with E-state index in [1.807, 2.05) is 36.4 Å². The van der Waals surface area contributed by atoms with E-state index >= 15 is 0 Å². The summed E-state index contributed by atoms with van der Waals surface area (Å²) in [7, 11) is 0. The van der Waals surface area contributed by atoms with Gasteiger partial charge in [-0.05, 0) is 42.7 Å². The summed E-state index contributed by atoms with van der Waals surface area (Å²) in [5.74, 6) is -0.372. The van der Waals surface area contributed by atoms with Crippen LogP contribution in [0.25, 0.3) is 5.57 Å². The molecule has 1 aromatic rings. The SMILES string of the molecule is CCCCCC(O)c1ccc(C2=C(O)C(=O)C[C@@H]2C/C=C\CCCC=O)cc1. The van der Waals surface area contributed by atoms with Crippen molar-refractivity contribution in [2.45, 2.75) is 70.8 Å². The van der Waals surface area contributed by atoms with Gasteiger partial charge in [0, 0.05) is 18.4 Å². The van der Waals surface area contributed by atoms with Gasteiger partial charge in [0.15, 0.2) is 11.5 Å². The maximum absolute atomic E-state index is 12.1. The lowest BCUT2D eigenvalue weighted by atomic mass is 9.90. The normalized spacial score (nSPS) is 18.2. The third-order valence-electron chi connectivity index (χ3n) is 5.33. The number of aldehydes is 1. The minimum absolute atomic E-state index is 0.0323. The van der Waals surface area contributed by atoms with Crippen LogP contribution in [0.3, 0.4) is 0 Å². The monoisotopic (exact) mass is 384 g/mol. The number of unbranched alkanes of at least 4 members (excludes halogenated alkanes) is 4. The maximum Gasteiger partial charge on any atom is 0.198 e. The maximum atomic E-state index is 12.1. The van der Waals surface area contributed by atoms with Crippen LogP contribution in [0, 0.1) is 5.92 Å². The van der Waals surface area contributed by atoms with Gasteiger partial charge in [-0.2, -0.15) is 0 Å². The van der Waals surface area contributed by atoms with Crippen molar-refractivity contribution in [1.82, 2.24) is 0 Å². The summed E-state index contributed by atoms with van der Waals surface area (Å²) in [5.41, 5.74) is 2.41. The van der Waals surface area contributed by atoms with Crippen LogP contribution in [0.5, 0.6) is 0 Å². The van der Waals surface area contributed by atoms with Gasteiger partial charge in [0.2, 0.25) is 0 Å². The first-order valence-electron chi connectivity index (χ1n) is 10.4. The molecule has 1 unspecified atom stereocenters. The lowest BCUT2D eigenvalue weighted by Gasteiger charge is -2.15. The van der Waals surface area contributed by atoms with Crippen molar-refractivity contribution in [3.63, 3.8) is 0 Å². The number of benzene rings is 1. The molecule has 1 aliphatic carbocycles. The highest BCUT2D eigenvalue weighted by Gasteiger charge is 2.32. The van der Waals surface area contributed by atoms with E-state index in [1.54, 1.807) is 0 Å². The van der Waals surface area contributed by atoms with Gasteiger partial charge >= 0.3 is 0 Å². The van der Waals surface area contributed by atoms with E-state index in [4.69, 9.17) is 0 Å². The molecule has 0 bridgehead atoms. The number of Topliss-reactive ketones (excluding diaryl/α,β-unsaturated/α-hetero) is 1. The van der Waals surface area contributed by atoms with Crippen molar-refractivity contribution in [3.05, 3.63) is 53.3 Å². The number of allylic oxidation sites excluding steroid dienone is 4. The van der Waals surface area contributed by atoms with Crippen molar-refractivity contribution in [1.29, 1.82) is 0 Å². The second-order valence-corrected chi connectivity index (χ2v) is 7.52. The molecule has 0 amide bonds. The molecule has 2 atom stereocenters. The summed E-state index contributed by atoms with van der Waals surface area (Å²) < 4.78 is 0. The Bertz CT molecular complexity index is 700. The third kappa shape index (κ3) is 6.16. The first-order chi connectivity index (χ1) is 13.6. The summed E-state index contributed by atoms with van der Waals surface area (Å²) in [5, 5.41) is 20.6. The molecule has 0 radical (unpaired) electrons. The number of carbonyl (C=O) groups excluding carboxylic acids is 2. The second-order valence-electron chi connectivity index (χ2n) is 7.52. The van der Waals surface area contributed by atoms with E-state index in [0.717, 1.165) is 55.9 Å². The smallest absolute Gasteiger partial charge is 0.198 e. The largest absolute Gasteiger partial charge is 0.504 e. The molecule has 2 N–H and O–H groups in total. The molecule has 152 valence electrons. The predicted octanol–water partition coefficient (Wildman–Crippen LogP) is 5.47. The van der Waals surface area contributed by atoms with Crippen molar-refractivity contribution in [2.24, 2.45) is 5.92 Å². The Kier molecular flexibility index (Phi) is 9.15. The molecule has 1 aliphatic rings. The molecule has 0 saturated carbocycles. The molecule has 0 aromatic heterocycles. The molecule has 4 heteroatoms. The number of aliphatic hydroxyl groups is 2. The average Bonchev–Trinajstić information content (AvgIpc) is 2.98. The Morgan fingerprint density at radius 3 is 2.54 bits per heavy atom. The van der Waals surface area contributed by atoms with E-state index in [-0.39, 0.29) is 17.5 Å². The number of hydrogen-bond acceptors (Lipinski definition) is 4. The highest BCUT2D eigenvalue weighted by molar-refractivity contribution is 6.05. The number of ketones is 1. The van der Waals surface area contributed by atoms with Crippen LogP contribution in [0.2, 0.25) is 0 Å². The van der Waals surface area contributed by atoms with Crippen LogP contribution < -0.4 is 0 Å². The van der Waals surface area contributed by atoms with E-state index in [2.05, 4.69) is 6.92 Å². The number of rotatable bonds is 12. The minimum atomic E-state index is -0.474. The van der Waals surface area contributed by atoms with Crippen molar-refractivity contribution < 1.29 is 19.8 Å². The second kappa shape index (κ2) is 11.6. The van der Waals surface area contributed by atoms with Gasteiger partial charge in [0.25, 0.3) is 0 Å². The highest BCUT2D eigenvalue weighted by atomic mass is 16.3. The highest BCUT2D eigenvalue weighted by Crippen LogP contribution is 2.38. The van der Waals surface area contributed by atoms with Gasteiger partial charge in [-0.1, -0.05) is 62.6 Å². The Balaban J connectivity index is 2.03. The van der Waals surface area contributed by atoms with Gasteiger partial charge in [-0.15, -0.1) is 0 Å². The zero-order valence-corrected chi connectivity index (χ0v) is 16.8. The first kappa shape index (κ1) is 22.1. The predicted molar refractivity (Wildman–Crippen MR) is 112 cm³/mol. The summed E-state index contributed by atoms with van der Waals surface area (Å²) >= 11 is 0. The van der Waals surface area contributed by atoms with E-state index in [0.29, 0.717) is 24.8 Å². The Morgan fingerprint density at radius 2 is 1.86 bits per heavy atom. The molecule has 1 aromatic carbocycles. The molecule has 0 spiro atoms.